The zero-order valence-corrected chi connectivity index (χ0v) is 6.33. The summed E-state index contributed by atoms with van der Waals surface area (Å²) in [6.45, 7) is 2.10. The van der Waals surface area contributed by atoms with E-state index in [1.807, 2.05) is 0 Å². The molecule has 0 amide bonds. The molecule has 2 rings (SSSR count). The van der Waals surface area contributed by atoms with Crippen LogP contribution in [-0.4, -0.2) is 16.0 Å². The van der Waals surface area contributed by atoms with E-state index in [-0.39, 0.29) is 0 Å². The monoisotopic (exact) mass is 150 g/mol. The van der Waals surface area contributed by atoms with Crippen LogP contribution in [0.1, 0.15) is 12.5 Å². The lowest BCUT2D eigenvalue weighted by Crippen LogP contribution is -2.08. The van der Waals surface area contributed by atoms with Crippen molar-refractivity contribution in [2.75, 3.05) is 11.1 Å². The Kier molecular flexibility index (Phi) is 1.21. The van der Waals surface area contributed by atoms with Crippen molar-refractivity contribution in [1.29, 1.82) is 0 Å². The van der Waals surface area contributed by atoms with Gasteiger partial charge in [-0.3, -0.25) is 0 Å². The van der Waals surface area contributed by atoms with Gasteiger partial charge in [0, 0.05) is 11.6 Å². The molecule has 0 radical (unpaired) electrons. The first kappa shape index (κ1) is 6.39. The van der Waals surface area contributed by atoms with Crippen LogP contribution in [0.15, 0.2) is 6.33 Å². The number of anilines is 2. The summed E-state index contributed by atoms with van der Waals surface area (Å²) in [7, 11) is 0. The van der Waals surface area contributed by atoms with Gasteiger partial charge in [0.05, 0.1) is 0 Å². The molecule has 1 aliphatic heterocycles. The number of fused-ring (bicyclic) bond motifs is 1. The maximum atomic E-state index is 5.64. The van der Waals surface area contributed by atoms with Gasteiger partial charge in [-0.05, 0) is 13.3 Å². The minimum atomic E-state index is 0.434. The highest BCUT2D eigenvalue weighted by molar-refractivity contribution is 5.59. The molecule has 0 bridgehead atoms. The second-order valence-corrected chi connectivity index (χ2v) is 2.84. The third kappa shape index (κ3) is 0.906. The predicted octanol–water partition coefficient (Wildman–Crippen LogP) is 0.415. The van der Waals surface area contributed by atoms with Gasteiger partial charge in [-0.2, -0.15) is 0 Å². The van der Waals surface area contributed by atoms with Crippen LogP contribution in [0.2, 0.25) is 0 Å². The number of nitrogen functional groups attached to an aromatic ring is 1. The van der Waals surface area contributed by atoms with Gasteiger partial charge < -0.3 is 11.1 Å². The molecule has 2 heterocycles. The summed E-state index contributed by atoms with van der Waals surface area (Å²) in [4.78, 5) is 7.98. The Balaban J connectivity index is 2.49. The molecular weight excluding hydrogens is 140 g/mol. The minimum absolute atomic E-state index is 0.434. The molecule has 1 aromatic heterocycles. The molecular formula is C7H10N4. The highest BCUT2D eigenvalue weighted by atomic mass is 15.1. The SMILES string of the molecule is CC1Cc2c(N)ncnc2N1. The van der Waals surface area contributed by atoms with Crippen molar-refractivity contribution in [3.05, 3.63) is 11.9 Å². The number of nitrogens with zero attached hydrogens (tertiary/aromatic N) is 2. The molecule has 1 atom stereocenters. The molecule has 11 heavy (non-hydrogen) atoms. The standard InChI is InChI=1S/C7H10N4/c1-4-2-5-6(8)9-3-10-7(5)11-4/h3-4H,2H2,1H3,(H3,8,9,10,11). The fourth-order valence-electron chi connectivity index (χ4n) is 1.34. The summed E-state index contributed by atoms with van der Waals surface area (Å²) in [6, 6.07) is 0.434. The molecule has 1 aliphatic rings. The molecule has 58 valence electrons. The highest BCUT2D eigenvalue weighted by Crippen LogP contribution is 2.25. The van der Waals surface area contributed by atoms with E-state index >= 15 is 0 Å². The average Bonchev–Trinajstić information content (AvgIpc) is 2.31. The van der Waals surface area contributed by atoms with E-state index in [9.17, 15) is 0 Å². The summed E-state index contributed by atoms with van der Waals surface area (Å²) >= 11 is 0. The van der Waals surface area contributed by atoms with Crippen LogP contribution in [0, 0.1) is 0 Å². The average molecular weight is 150 g/mol. The molecule has 4 heteroatoms. The van der Waals surface area contributed by atoms with E-state index in [0.717, 1.165) is 17.8 Å². The van der Waals surface area contributed by atoms with E-state index < -0.39 is 0 Å². The molecule has 0 saturated carbocycles. The van der Waals surface area contributed by atoms with Gasteiger partial charge in [0.15, 0.2) is 0 Å². The van der Waals surface area contributed by atoms with E-state index in [2.05, 4.69) is 22.2 Å². The first-order chi connectivity index (χ1) is 5.27. The van der Waals surface area contributed by atoms with Crippen LogP contribution in [0.3, 0.4) is 0 Å². The molecule has 0 saturated heterocycles. The number of rotatable bonds is 0. The van der Waals surface area contributed by atoms with Crippen LogP contribution in [0.4, 0.5) is 11.6 Å². The van der Waals surface area contributed by atoms with Gasteiger partial charge in [-0.15, -0.1) is 0 Å². The molecule has 1 aromatic rings. The zero-order chi connectivity index (χ0) is 7.84. The topological polar surface area (TPSA) is 63.8 Å². The lowest BCUT2D eigenvalue weighted by molar-refractivity contribution is 0.838. The number of nitrogens with one attached hydrogen (secondary N) is 1. The Labute approximate surface area is 64.8 Å². The van der Waals surface area contributed by atoms with Crippen LogP contribution in [0.25, 0.3) is 0 Å². The van der Waals surface area contributed by atoms with Gasteiger partial charge in [0.2, 0.25) is 0 Å². The Hall–Kier alpha value is -1.32. The number of nitrogens with two attached hydrogens (primary N) is 1. The molecule has 1 unspecified atom stereocenters. The van der Waals surface area contributed by atoms with E-state index in [0.29, 0.717) is 11.9 Å². The minimum Gasteiger partial charge on any atom is -0.383 e. The first-order valence-electron chi connectivity index (χ1n) is 3.63. The summed E-state index contributed by atoms with van der Waals surface area (Å²) in [5.41, 5.74) is 6.70. The quantitative estimate of drug-likeness (QED) is 0.562. The van der Waals surface area contributed by atoms with Crippen LogP contribution >= 0.6 is 0 Å². The van der Waals surface area contributed by atoms with E-state index in [1.165, 1.54) is 6.33 Å². The molecule has 0 aromatic carbocycles. The van der Waals surface area contributed by atoms with Crippen molar-refractivity contribution in [3.8, 4) is 0 Å². The molecule has 0 spiro atoms. The van der Waals surface area contributed by atoms with Gasteiger partial charge in [0.25, 0.3) is 0 Å². The van der Waals surface area contributed by atoms with Crippen molar-refractivity contribution >= 4 is 11.6 Å². The zero-order valence-electron chi connectivity index (χ0n) is 6.33. The van der Waals surface area contributed by atoms with E-state index in [4.69, 9.17) is 5.73 Å². The second kappa shape index (κ2) is 2.08. The van der Waals surface area contributed by atoms with Crippen molar-refractivity contribution in [1.82, 2.24) is 9.97 Å². The van der Waals surface area contributed by atoms with Gasteiger partial charge in [-0.25, -0.2) is 9.97 Å². The normalized spacial score (nSPS) is 21.0. The van der Waals surface area contributed by atoms with Crippen molar-refractivity contribution in [2.45, 2.75) is 19.4 Å². The number of hydrogen-bond donors (Lipinski definition) is 2. The van der Waals surface area contributed by atoms with E-state index in [1.54, 1.807) is 0 Å². The maximum Gasteiger partial charge on any atom is 0.135 e. The van der Waals surface area contributed by atoms with Gasteiger partial charge >= 0.3 is 0 Å². The molecule has 0 aliphatic carbocycles. The molecule has 0 fully saturated rings. The van der Waals surface area contributed by atoms with Crippen molar-refractivity contribution in [2.24, 2.45) is 0 Å². The second-order valence-electron chi connectivity index (χ2n) is 2.84. The van der Waals surface area contributed by atoms with Crippen molar-refractivity contribution < 1.29 is 0 Å². The Morgan fingerprint density at radius 2 is 2.45 bits per heavy atom. The van der Waals surface area contributed by atoms with Crippen LogP contribution in [-0.2, 0) is 6.42 Å². The van der Waals surface area contributed by atoms with Crippen molar-refractivity contribution in [3.63, 3.8) is 0 Å². The lowest BCUT2D eigenvalue weighted by atomic mass is 10.2. The number of aromatic nitrogens is 2. The lowest BCUT2D eigenvalue weighted by Gasteiger charge is -1.99. The Morgan fingerprint density at radius 3 is 3.18 bits per heavy atom. The largest absolute Gasteiger partial charge is 0.383 e. The molecule has 4 nitrogen and oxygen atoms in total. The Bertz CT molecular complexity index is 284. The summed E-state index contributed by atoms with van der Waals surface area (Å²) in [5.74, 6) is 1.50. The Morgan fingerprint density at radius 1 is 1.64 bits per heavy atom. The van der Waals surface area contributed by atoms with Gasteiger partial charge in [0.1, 0.15) is 18.0 Å². The van der Waals surface area contributed by atoms with Gasteiger partial charge in [-0.1, -0.05) is 0 Å². The third-order valence-electron chi connectivity index (χ3n) is 1.87. The third-order valence-corrected chi connectivity index (χ3v) is 1.87. The fourth-order valence-corrected chi connectivity index (χ4v) is 1.34. The molecule has 3 N–H and O–H groups in total. The maximum absolute atomic E-state index is 5.64. The first-order valence-corrected chi connectivity index (χ1v) is 3.63. The highest BCUT2D eigenvalue weighted by Gasteiger charge is 2.20. The van der Waals surface area contributed by atoms with Crippen LogP contribution in [0.5, 0.6) is 0 Å². The number of hydrogen-bond acceptors (Lipinski definition) is 4. The van der Waals surface area contributed by atoms with Crippen LogP contribution < -0.4 is 11.1 Å². The summed E-state index contributed by atoms with van der Waals surface area (Å²) in [6.07, 6.45) is 2.42. The predicted molar refractivity (Wildman–Crippen MR) is 43.2 cm³/mol. The summed E-state index contributed by atoms with van der Waals surface area (Å²) < 4.78 is 0. The summed E-state index contributed by atoms with van der Waals surface area (Å²) in [5, 5.41) is 3.21. The fraction of sp³-hybridized carbons (Fsp3) is 0.429. The smallest absolute Gasteiger partial charge is 0.135 e.